The number of nitrogens with zero attached hydrogens (tertiary/aromatic N) is 1. The van der Waals surface area contributed by atoms with Crippen molar-refractivity contribution in [2.24, 2.45) is 11.5 Å². The number of methoxy groups -OCH3 is 1. The summed E-state index contributed by atoms with van der Waals surface area (Å²) < 4.78 is 18.7. The van der Waals surface area contributed by atoms with E-state index in [-0.39, 0.29) is 40.0 Å². The molecule has 14 nitrogen and oxygen atoms in total. The molecule has 2 heterocycles. The van der Waals surface area contributed by atoms with Gasteiger partial charge >= 0.3 is 0 Å². The smallest absolute Gasteiger partial charge is 0.254 e. The Balaban J connectivity index is 1.47. The van der Waals surface area contributed by atoms with Gasteiger partial charge in [-0.15, -0.1) is 0 Å². The van der Waals surface area contributed by atoms with E-state index in [0.29, 0.717) is 0 Å². The molecule has 3 aromatic rings. The maximum atomic E-state index is 13.9. The molecule has 0 spiro atoms. The SMILES string of the molecule is COc1cccc2c1C(=O)c1c(O)c3c(c(O)c1C2=O)C[C@@](O)(C(=O)C[n+]1cccc(C(N)=O)c1)C[C@@H]3OC1CC(N)C(O)C(C)O1. The Morgan fingerprint density at radius 3 is 2.49 bits per heavy atom. The van der Waals surface area contributed by atoms with Crippen molar-refractivity contribution < 1.29 is 58.4 Å². The third-order valence-corrected chi connectivity index (χ3v) is 9.13. The van der Waals surface area contributed by atoms with Crippen LogP contribution in [0.1, 0.15) is 79.2 Å². The number of benzene rings is 2. The molecule has 0 bridgehead atoms. The van der Waals surface area contributed by atoms with Crippen LogP contribution in [0, 0.1) is 0 Å². The van der Waals surface area contributed by atoms with Crippen LogP contribution in [0.5, 0.6) is 17.2 Å². The second-order valence-electron chi connectivity index (χ2n) is 12.1. The number of carbonyl (C=O) groups is 4. The fraction of sp³-hybridized carbons (Fsp3) is 0.364. The van der Waals surface area contributed by atoms with Crippen molar-refractivity contribution in [1.82, 2.24) is 0 Å². The lowest BCUT2D eigenvalue weighted by Crippen LogP contribution is -2.54. The molecule has 14 heteroatoms. The van der Waals surface area contributed by atoms with Crippen LogP contribution in [0.4, 0.5) is 0 Å². The number of primary amides is 1. The monoisotopic (exact) mass is 648 g/mol. The maximum Gasteiger partial charge on any atom is 0.254 e. The molecule has 0 radical (unpaired) electrons. The Bertz CT molecular complexity index is 1830. The van der Waals surface area contributed by atoms with Crippen LogP contribution in [0.2, 0.25) is 0 Å². The molecule has 1 amide bonds. The normalized spacial score (nSPS) is 26.6. The number of pyridine rings is 1. The number of hydrogen-bond acceptors (Lipinski definition) is 12. The number of aromatic hydroxyl groups is 2. The maximum absolute atomic E-state index is 13.9. The standard InChI is InChI=1S/C33H33N3O11/c1-14-27(38)18(34)9-22(46-14)47-20-11-33(44,21(37)13-36-8-4-5-15(12-36)32(35)43)10-17-24(20)31(42)26-25(29(17)40)28(39)16-6-3-7-19(45-2)23(16)30(26)41/h3-8,12,14,18,20,22,27,38,44H,9-11,13,34H2,1-2H3,(H3-,35,39,40,41,42,43)/p+1/t14?,18?,20-,22?,27?,33-/m0/s1. The lowest BCUT2D eigenvalue weighted by molar-refractivity contribution is -0.685. The molecule has 6 rings (SSSR count). The van der Waals surface area contributed by atoms with Crippen LogP contribution < -0.4 is 20.8 Å². The number of fused-ring (bicyclic) bond motifs is 3. The fourth-order valence-electron chi connectivity index (χ4n) is 6.68. The van der Waals surface area contributed by atoms with Gasteiger partial charge in [0.15, 0.2) is 24.5 Å². The van der Waals surface area contributed by atoms with Crippen molar-refractivity contribution in [2.75, 3.05) is 7.11 Å². The Morgan fingerprint density at radius 2 is 1.81 bits per heavy atom. The number of aliphatic hydroxyl groups excluding tert-OH is 1. The molecule has 1 aromatic heterocycles. The molecule has 8 N–H and O–H groups in total. The number of phenolic OH excluding ortho intramolecular Hbond substituents is 2. The van der Waals surface area contributed by atoms with E-state index in [1.165, 1.54) is 54.4 Å². The van der Waals surface area contributed by atoms with Gasteiger partial charge in [0.25, 0.3) is 5.91 Å². The molecule has 3 aliphatic rings. The Kier molecular flexibility index (Phi) is 8.10. The van der Waals surface area contributed by atoms with Gasteiger partial charge in [-0.25, -0.2) is 0 Å². The second-order valence-corrected chi connectivity index (χ2v) is 12.1. The molecular weight excluding hydrogens is 614 g/mol. The summed E-state index contributed by atoms with van der Waals surface area (Å²) in [6, 6.07) is 6.58. The zero-order valence-corrected chi connectivity index (χ0v) is 25.5. The molecule has 6 atom stereocenters. The van der Waals surface area contributed by atoms with E-state index in [4.69, 9.17) is 25.7 Å². The quantitative estimate of drug-likeness (QED) is 0.116. The van der Waals surface area contributed by atoms with Crippen LogP contribution in [0.15, 0.2) is 42.7 Å². The zero-order valence-electron chi connectivity index (χ0n) is 25.5. The third-order valence-electron chi connectivity index (χ3n) is 9.13. The molecule has 2 aliphatic carbocycles. The summed E-state index contributed by atoms with van der Waals surface area (Å²) in [6.07, 6.45) is -2.39. The first kappa shape index (κ1) is 32.2. The van der Waals surface area contributed by atoms with Gasteiger partial charge < -0.3 is 46.1 Å². The van der Waals surface area contributed by atoms with Gasteiger partial charge in [0.05, 0.1) is 42.1 Å². The predicted molar refractivity (Wildman–Crippen MR) is 160 cm³/mol. The lowest BCUT2D eigenvalue weighted by Gasteiger charge is -2.42. The number of aliphatic hydroxyl groups is 2. The molecule has 2 aromatic carbocycles. The molecular formula is C33H34N3O11+. The molecule has 1 fully saturated rings. The average Bonchev–Trinajstić information content (AvgIpc) is 3.03. The first-order chi connectivity index (χ1) is 22.2. The van der Waals surface area contributed by atoms with Crippen LogP contribution >= 0.6 is 0 Å². The number of Topliss-reactive ketones (excluding diaryl/α,β-unsaturated/α-hetero) is 1. The summed E-state index contributed by atoms with van der Waals surface area (Å²) >= 11 is 0. The number of rotatable bonds is 7. The van der Waals surface area contributed by atoms with E-state index in [9.17, 15) is 39.6 Å². The Labute approximate surface area is 268 Å². The molecule has 47 heavy (non-hydrogen) atoms. The second kappa shape index (κ2) is 11.8. The molecule has 246 valence electrons. The number of aromatic nitrogens is 1. The molecule has 4 unspecified atom stereocenters. The van der Waals surface area contributed by atoms with Crippen molar-refractivity contribution in [1.29, 1.82) is 0 Å². The van der Waals surface area contributed by atoms with E-state index >= 15 is 0 Å². The highest BCUT2D eigenvalue weighted by Gasteiger charge is 2.51. The van der Waals surface area contributed by atoms with Crippen molar-refractivity contribution in [3.05, 3.63) is 81.7 Å². The fourth-order valence-corrected chi connectivity index (χ4v) is 6.68. The van der Waals surface area contributed by atoms with Crippen LogP contribution in [-0.4, -0.2) is 80.9 Å². The summed E-state index contributed by atoms with van der Waals surface area (Å²) in [6.45, 7) is 1.16. The summed E-state index contributed by atoms with van der Waals surface area (Å²) in [4.78, 5) is 53.1. The number of ketones is 3. The van der Waals surface area contributed by atoms with Crippen LogP contribution in [0.25, 0.3) is 0 Å². The summed E-state index contributed by atoms with van der Waals surface area (Å²) in [5.74, 6) is -4.30. The van der Waals surface area contributed by atoms with Gasteiger partial charge in [0.2, 0.25) is 18.1 Å². The number of nitrogens with two attached hydrogens (primary N) is 2. The summed E-state index contributed by atoms with van der Waals surface area (Å²) in [5.41, 5.74) is 7.95. The van der Waals surface area contributed by atoms with Gasteiger partial charge in [0.1, 0.15) is 28.4 Å². The van der Waals surface area contributed by atoms with Crippen LogP contribution in [0.3, 0.4) is 0 Å². The van der Waals surface area contributed by atoms with Gasteiger partial charge in [0, 0.05) is 48.1 Å². The average molecular weight is 649 g/mol. The molecule has 1 aliphatic heterocycles. The van der Waals surface area contributed by atoms with E-state index in [1.807, 2.05) is 0 Å². The highest BCUT2D eigenvalue weighted by atomic mass is 16.7. The number of carbonyl (C=O) groups excluding carboxylic acids is 4. The van der Waals surface area contributed by atoms with Gasteiger partial charge in [-0.2, -0.15) is 4.57 Å². The Hall–Kier alpha value is -4.73. The van der Waals surface area contributed by atoms with Crippen molar-refractivity contribution in [3.8, 4) is 17.2 Å². The summed E-state index contributed by atoms with van der Waals surface area (Å²) in [7, 11) is 1.32. The first-order valence-electron chi connectivity index (χ1n) is 14.9. The van der Waals surface area contributed by atoms with Crippen molar-refractivity contribution in [3.63, 3.8) is 0 Å². The minimum absolute atomic E-state index is 0.000841. The highest BCUT2D eigenvalue weighted by molar-refractivity contribution is 6.31. The first-order valence-corrected chi connectivity index (χ1v) is 14.9. The molecule has 0 saturated carbocycles. The predicted octanol–water partition coefficient (Wildman–Crippen LogP) is 0.0956. The van der Waals surface area contributed by atoms with Crippen molar-refractivity contribution in [2.45, 2.75) is 69.0 Å². The minimum atomic E-state index is -2.24. The van der Waals surface area contributed by atoms with Crippen LogP contribution in [-0.2, 0) is 27.2 Å². The van der Waals surface area contributed by atoms with E-state index < -0.39 is 102 Å². The zero-order chi connectivity index (χ0) is 33.9. The highest BCUT2D eigenvalue weighted by Crippen LogP contribution is 2.52. The third kappa shape index (κ3) is 5.33. The number of phenols is 2. The van der Waals surface area contributed by atoms with E-state index in [1.54, 1.807) is 6.92 Å². The van der Waals surface area contributed by atoms with E-state index in [0.717, 1.165) is 0 Å². The van der Waals surface area contributed by atoms with Crippen molar-refractivity contribution >= 4 is 23.3 Å². The summed E-state index contributed by atoms with van der Waals surface area (Å²) in [5, 5.41) is 45.6. The van der Waals surface area contributed by atoms with Gasteiger partial charge in [-0.1, -0.05) is 12.1 Å². The number of amides is 1. The van der Waals surface area contributed by atoms with E-state index in [2.05, 4.69) is 0 Å². The number of ether oxygens (including phenoxy) is 3. The topological polar surface area (TPSA) is 233 Å². The minimum Gasteiger partial charge on any atom is -0.507 e. The Morgan fingerprint density at radius 1 is 1.09 bits per heavy atom. The largest absolute Gasteiger partial charge is 0.507 e. The van der Waals surface area contributed by atoms with Gasteiger partial charge in [-0.05, 0) is 19.1 Å². The molecule has 1 saturated heterocycles. The lowest BCUT2D eigenvalue weighted by atomic mass is 9.71. The number of hydrogen-bond donors (Lipinski definition) is 6. The van der Waals surface area contributed by atoms with Gasteiger partial charge in [-0.3, -0.25) is 19.2 Å².